The molecule has 2 nitrogen and oxygen atoms in total. The first kappa shape index (κ1) is 19.3. The summed E-state index contributed by atoms with van der Waals surface area (Å²) in [6, 6.07) is 34.0. The summed E-state index contributed by atoms with van der Waals surface area (Å²) in [6.45, 7) is 4.62. The van der Waals surface area contributed by atoms with Gasteiger partial charge in [0.25, 0.3) is 0 Å². The van der Waals surface area contributed by atoms with E-state index >= 15 is 0 Å². The molecule has 4 aromatic carbocycles. The van der Waals surface area contributed by atoms with Crippen LogP contribution in [0.4, 0.5) is 0 Å². The first-order valence-electron chi connectivity index (χ1n) is 10.9. The molecular formula is C29H22N2S. The van der Waals surface area contributed by atoms with Gasteiger partial charge in [0.1, 0.15) is 0 Å². The predicted molar refractivity (Wildman–Crippen MR) is 133 cm³/mol. The Kier molecular flexibility index (Phi) is 4.41. The number of benzene rings is 4. The highest BCUT2D eigenvalue weighted by atomic mass is 32.2. The van der Waals surface area contributed by atoms with E-state index in [4.69, 9.17) is 9.97 Å². The number of rotatable bonds is 2. The fourth-order valence-electron chi connectivity index (χ4n) is 4.62. The first-order chi connectivity index (χ1) is 15.6. The van der Waals surface area contributed by atoms with Crippen LogP contribution in [0.1, 0.15) is 25.0 Å². The summed E-state index contributed by atoms with van der Waals surface area (Å²) in [7, 11) is 0. The Morgan fingerprint density at radius 2 is 1.34 bits per heavy atom. The Labute approximate surface area is 192 Å². The Morgan fingerprint density at radius 1 is 0.625 bits per heavy atom. The molecule has 0 N–H and O–H groups in total. The number of hydrogen-bond acceptors (Lipinski definition) is 3. The van der Waals surface area contributed by atoms with Crippen LogP contribution in [0.5, 0.6) is 0 Å². The number of fused-ring (bicyclic) bond motifs is 3. The second-order valence-electron chi connectivity index (χ2n) is 8.71. The summed E-state index contributed by atoms with van der Waals surface area (Å²) in [5.74, 6) is 0.766. The number of hydrogen-bond donors (Lipinski definition) is 0. The maximum Gasteiger partial charge on any atom is 0.160 e. The monoisotopic (exact) mass is 430 g/mol. The maximum absolute atomic E-state index is 5.05. The molecule has 154 valence electrons. The van der Waals surface area contributed by atoms with Gasteiger partial charge in [0.15, 0.2) is 5.82 Å². The second-order valence-corrected chi connectivity index (χ2v) is 9.80. The van der Waals surface area contributed by atoms with Gasteiger partial charge < -0.3 is 0 Å². The predicted octanol–water partition coefficient (Wildman–Crippen LogP) is 7.75. The van der Waals surface area contributed by atoms with Gasteiger partial charge in [-0.25, -0.2) is 9.97 Å². The summed E-state index contributed by atoms with van der Waals surface area (Å²) in [5.41, 5.74) is 6.81. The van der Waals surface area contributed by atoms with Gasteiger partial charge in [-0.05, 0) is 29.3 Å². The normalized spacial score (nSPS) is 14.1. The molecule has 2 heterocycles. The molecular weight excluding hydrogens is 408 g/mol. The standard InChI is InChI=1S/C29H22N2S/c1-29(2)22-13-7-9-15-25(22)32-26-18-20(16-17-23(26)29)28-30-24-14-8-6-12-21(24)27(31-28)19-10-4-3-5-11-19/h3-18H,1-2H3. The molecule has 0 amide bonds. The first-order valence-corrected chi connectivity index (χ1v) is 11.7. The number of aromatic nitrogens is 2. The van der Waals surface area contributed by atoms with Crippen molar-refractivity contribution >= 4 is 22.7 Å². The average Bonchev–Trinajstić information content (AvgIpc) is 2.83. The van der Waals surface area contributed by atoms with Gasteiger partial charge in [0, 0.05) is 31.7 Å². The van der Waals surface area contributed by atoms with Crippen LogP contribution in [0.3, 0.4) is 0 Å². The van der Waals surface area contributed by atoms with Crippen molar-refractivity contribution in [3.63, 3.8) is 0 Å². The molecule has 1 aliphatic rings. The molecule has 0 bridgehead atoms. The van der Waals surface area contributed by atoms with Crippen LogP contribution in [0, 0.1) is 0 Å². The van der Waals surface area contributed by atoms with Crippen molar-refractivity contribution in [3.05, 3.63) is 108 Å². The number of para-hydroxylation sites is 1. The van der Waals surface area contributed by atoms with Crippen molar-refractivity contribution < 1.29 is 0 Å². The van der Waals surface area contributed by atoms with E-state index in [1.54, 1.807) is 0 Å². The SMILES string of the molecule is CC1(C)c2ccccc2Sc2cc(-c3nc(-c4ccccc4)c4ccccc4n3)ccc21. The van der Waals surface area contributed by atoms with E-state index in [2.05, 4.69) is 92.7 Å². The van der Waals surface area contributed by atoms with Gasteiger partial charge in [0.2, 0.25) is 0 Å². The molecule has 1 aliphatic heterocycles. The molecule has 0 saturated carbocycles. The highest BCUT2D eigenvalue weighted by molar-refractivity contribution is 7.99. The quantitative estimate of drug-likeness (QED) is 0.286. The van der Waals surface area contributed by atoms with Gasteiger partial charge in [-0.1, -0.05) is 104 Å². The van der Waals surface area contributed by atoms with Crippen LogP contribution in [-0.4, -0.2) is 9.97 Å². The largest absolute Gasteiger partial charge is 0.228 e. The minimum absolute atomic E-state index is 0.0326. The van der Waals surface area contributed by atoms with Crippen molar-refractivity contribution in [2.45, 2.75) is 29.1 Å². The lowest BCUT2D eigenvalue weighted by Crippen LogP contribution is -2.23. The molecule has 32 heavy (non-hydrogen) atoms. The lowest BCUT2D eigenvalue weighted by Gasteiger charge is -2.34. The topological polar surface area (TPSA) is 25.8 Å². The Balaban J connectivity index is 1.53. The van der Waals surface area contributed by atoms with Crippen molar-refractivity contribution in [1.82, 2.24) is 9.97 Å². The fraction of sp³-hybridized carbons (Fsp3) is 0.103. The zero-order valence-corrected chi connectivity index (χ0v) is 18.9. The van der Waals surface area contributed by atoms with Crippen LogP contribution in [0.15, 0.2) is 107 Å². The average molecular weight is 431 g/mol. The van der Waals surface area contributed by atoms with Crippen LogP contribution in [0.25, 0.3) is 33.5 Å². The molecule has 5 aromatic rings. The van der Waals surface area contributed by atoms with Crippen LogP contribution in [-0.2, 0) is 5.41 Å². The van der Waals surface area contributed by atoms with Crippen molar-refractivity contribution in [1.29, 1.82) is 0 Å². The highest BCUT2D eigenvalue weighted by Crippen LogP contribution is 2.49. The lowest BCUT2D eigenvalue weighted by atomic mass is 9.77. The number of nitrogens with zero attached hydrogens (tertiary/aromatic N) is 2. The van der Waals surface area contributed by atoms with Gasteiger partial charge in [-0.2, -0.15) is 0 Å². The molecule has 0 fully saturated rings. The van der Waals surface area contributed by atoms with E-state index in [1.165, 1.54) is 20.9 Å². The zero-order chi connectivity index (χ0) is 21.7. The molecule has 0 spiro atoms. The van der Waals surface area contributed by atoms with E-state index in [1.807, 2.05) is 30.0 Å². The summed E-state index contributed by atoms with van der Waals surface area (Å²) < 4.78 is 0. The van der Waals surface area contributed by atoms with Crippen LogP contribution < -0.4 is 0 Å². The van der Waals surface area contributed by atoms with E-state index in [0.29, 0.717) is 0 Å². The van der Waals surface area contributed by atoms with Gasteiger partial charge in [-0.3, -0.25) is 0 Å². The third-order valence-electron chi connectivity index (χ3n) is 6.34. The molecule has 0 saturated heterocycles. The Morgan fingerprint density at radius 3 is 2.22 bits per heavy atom. The highest BCUT2D eigenvalue weighted by Gasteiger charge is 2.33. The van der Waals surface area contributed by atoms with Crippen molar-refractivity contribution in [3.8, 4) is 22.6 Å². The lowest BCUT2D eigenvalue weighted by molar-refractivity contribution is 0.607. The zero-order valence-electron chi connectivity index (χ0n) is 18.0. The minimum Gasteiger partial charge on any atom is -0.228 e. The van der Waals surface area contributed by atoms with Gasteiger partial charge in [0.05, 0.1) is 11.2 Å². The smallest absolute Gasteiger partial charge is 0.160 e. The molecule has 6 rings (SSSR count). The summed E-state index contributed by atoms with van der Waals surface area (Å²) in [5, 5.41) is 1.07. The minimum atomic E-state index is -0.0326. The third kappa shape index (κ3) is 3.04. The van der Waals surface area contributed by atoms with Gasteiger partial charge >= 0.3 is 0 Å². The molecule has 3 heteroatoms. The van der Waals surface area contributed by atoms with Crippen molar-refractivity contribution in [2.75, 3.05) is 0 Å². The maximum atomic E-state index is 5.05. The summed E-state index contributed by atoms with van der Waals surface area (Å²) in [6.07, 6.45) is 0. The fourth-order valence-corrected chi connectivity index (χ4v) is 6.06. The van der Waals surface area contributed by atoms with Crippen LogP contribution >= 0.6 is 11.8 Å². The Bertz CT molecular complexity index is 1470. The Hall–Kier alpha value is -3.43. The molecule has 1 aromatic heterocycles. The van der Waals surface area contributed by atoms with E-state index in [-0.39, 0.29) is 5.41 Å². The molecule has 0 aliphatic carbocycles. The van der Waals surface area contributed by atoms with E-state index in [0.717, 1.165) is 33.5 Å². The molecule has 0 unspecified atom stereocenters. The van der Waals surface area contributed by atoms with E-state index < -0.39 is 0 Å². The second kappa shape index (κ2) is 7.32. The third-order valence-corrected chi connectivity index (χ3v) is 7.48. The summed E-state index contributed by atoms with van der Waals surface area (Å²) >= 11 is 1.84. The van der Waals surface area contributed by atoms with Crippen LogP contribution in [0.2, 0.25) is 0 Å². The van der Waals surface area contributed by atoms with Crippen molar-refractivity contribution in [2.24, 2.45) is 0 Å². The van der Waals surface area contributed by atoms with Gasteiger partial charge in [-0.15, -0.1) is 0 Å². The summed E-state index contributed by atoms with van der Waals surface area (Å²) in [4.78, 5) is 12.6. The van der Waals surface area contributed by atoms with E-state index in [9.17, 15) is 0 Å². The molecule has 0 atom stereocenters. The molecule has 0 radical (unpaired) electrons.